The van der Waals surface area contributed by atoms with Gasteiger partial charge in [0, 0.05) is 63.1 Å². The average Bonchev–Trinajstić information content (AvgIpc) is 3.30. The summed E-state index contributed by atoms with van der Waals surface area (Å²) < 4.78 is 0. The van der Waals surface area contributed by atoms with Crippen LogP contribution >= 0.6 is 11.6 Å². The topological polar surface area (TPSA) is 97.3 Å². The molecule has 0 aliphatic carbocycles. The molecule has 2 heterocycles. The van der Waals surface area contributed by atoms with E-state index in [-0.39, 0.29) is 17.7 Å². The molecular formula is C32H35ClN6O3. The smallest absolute Gasteiger partial charge is 0.240 e. The molecule has 2 N–H and O–H groups in total. The number of piperazine rings is 1. The van der Waals surface area contributed by atoms with Gasteiger partial charge in [-0.05, 0) is 60.1 Å². The van der Waals surface area contributed by atoms with Crippen molar-refractivity contribution in [1.82, 2.24) is 15.1 Å². The van der Waals surface area contributed by atoms with Gasteiger partial charge in [-0.3, -0.25) is 24.3 Å². The van der Waals surface area contributed by atoms with Crippen molar-refractivity contribution in [3.8, 4) is 0 Å². The Bertz CT molecular complexity index is 1500. The number of carbonyl (C=O) groups is 3. The Balaban J connectivity index is 1.41. The molecule has 3 aromatic carbocycles. The number of nitrogens with one attached hydrogen (secondary N) is 2. The third kappa shape index (κ3) is 6.87. The number of fused-ring (bicyclic) bond motifs is 1. The van der Waals surface area contributed by atoms with E-state index in [0.717, 1.165) is 48.6 Å². The highest BCUT2D eigenvalue weighted by atomic mass is 35.5. The van der Waals surface area contributed by atoms with Crippen molar-refractivity contribution in [1.29, 1.82) is 0 Å². The second kappa shape index (κ2) is 12.9. The van der Waals surface area contributed by atoms with Crippen molar-refractivity contribution < 1.29 is 14.4 Å². The third-order valence-electron chi connectivity index (χ3n) is 7.73. The number of carbonyl (C=O) groups excluding carboxylic acids is 3. The maximum atomic E-state index is 13.3. The van der Waals surface area contributed by atoms with Gasteiger partial charge >= 0.3 is 0 Å². The maximum absolute atomic E-state index is 13.3. The molecule has 9 nitrogen and oxygen atoms in total. The van der Waals surface area contributed by atoms with Crippen molar-refractivity contribution in [2.24, 2.45) is 4.99 Å². The number of hydrogen-bond acceptors (Lipinski definition) is 6. The summed E-state index contributed by atoms with van der Waals surface area (Å²) in [5.74, 6) is -0.881. The van der Waals surface area contributed by atoms with Crippen LogP contribution in [0.4, 0.5) is 17.1 Å². The molecule has 2 aliphatic heterocycles. The van der Waals surface area contributed by atoms with E-state index in [1.165, 1.54) is 6.92 Å². The van der Waals surface area contributed by atoms with Crippen LogP contribution in [0, 0.1) is 0 Å². The molecule has 0 aromatic heterocycles. The van der Waals surface area contributed by atoms with Gasteiger partial charge < -0.3 is 20.4 Å². The molecule has 3 aromatic rings. The van der Waals surface area contributed by atoms with Crippen molar-refractivity contribution in [2.45, 2.75) is 19.4 Å². The fourth-order valence-electron chi connectivity index (χ4n) is 5.16. The number of likely N-dealkylation sites (N-methyl/N-ethyl adjacent to an activating group) is 2. The Morgan fingerprint density at radius 1 is 1.02 bits per heavy atom. The summed E-state index contributed by atoms with van der Waals surface area (Å²) in [7, 11) is 3.88. The molecule has 5 rings (SSSR count). The third-order valence-corrected chi connectivity index (χ3v) is 7.96. The molecule has 0 saturated carbocycles. The predicted octanol–water partition coefficient (Wildman–Crippen LogP) is 4.04. The Hall–Kier alpha value is -4.05. The first-order valence-corrected chi connectivity index (χ1v) is 14.4. The molecule has 2 aliphatic rings. The highest BCUT2D eigenvalue weighted by molar-refractivity contribution is 6.31. The van der Waals surface area contributed by atoms with E-state index in [1.54, 1.807) is 24.1 Å². The Labute approximate surface area is 251 Å². The van der Waals surface area contributed by atoms with Gasteiger partial charge in [-0.15, -0.1) is 0 Å². The fourth-order valence-corrected chi connectivity index (χ4v) is 5.33. The van der Waals surface area contributed by atoms with E-state index in [1.807, 2.05) is 54.6 Å². The molecule has 3 amide bonds. The lowest BCUT2D eigenvalue weighted by molar-refractivity contribution is -0.120. The van der Waals surface area contributed by atoms with E-state index in [0.29, 0.717) is 35.2 Å². The summed E-state index contributed by atoms with van der Waals surface area (Å²) in [5.41, 5.74) is 5.21. The summed E-state index contributed by atoms with van der Waals surface area (Å²) in [6, 6.07) is 20.5. The van der Waals surface area contributed by atoms with Gasteiger partial charge in [0.15, 0.2) is 0 Å². The fraction of sp³-hybridized carbons (Fsp3) is 0.312. The van der Waals surface area contributed by atoms with Crippen LogP contribution in [0.1, 0.15) is 29.5 Å². The largest absolute Gasteiger partial charge is 0.352 e. The molecule has 1 atom stereocenters. The van der Waals surface area contributed by atoms with Gasteiger partial charge in [0.05, 0.1) is 17.9 Å². The number of halogens is 1. The first kappa shape index (κ1) is 29.4. The molecule has 0 spiro atoms. The molecule has 1 unspecified atom stereocenters. The van der Waals surface area contributed by atoms with E-state index in [2.05, 4.69) is 27.5 Å². The quantitative estimate of drug-likeness (QED) is 0.388. The molecule has 1 fully saturated rings. The molecule has 0 radical (unpaired) electrons. The van der Waals surface area contributed by atoms with Crippen molar-refractivity contribution in [3.05, 3.63) is 88.4 Å². The van der Waals surface area contributed by atoms with Crippen LogP contribution in [0.2, 0.25) is 5.02 Å². The normalized spacial score (nSPS) is 17.5. The van der Waals surface area contributed by atoms with Crippen LogP contribution in [-0.4, -0.2) is 80.1 Å². The molecule has 0 bridgehead atoms. The zero-order valence-electron chi connectivity index (χ0n) is 24.1. The zero-order valence-corrected chi connectivity index (χ0v) is 24.8. The van der Waals surface area contributed by atoms with Gasteiger partial charge in [0.2, 0.25) is 17.7 Å². The average molecular weight is 587 g/mol. The van der Waals surface area contributed by atoms with Crippen LogP contribution < -0.4 is 15.5 Å². The predicted molar refractivity (Wildman–Crippen MR) is 167 cm³/mol. The molecular weight excluding hydrogens is 552 g/mol. The van der Waals surface area contributed by atoms with E-state index in [4.69, 9.17) is 16.6 Å². The summed E-state index contributed by atoms with van der Waals surface area (Å²) in [6.07, 6.45) is 0. The van der Waals surface area contributed by atoms with Gasteiger partial charge in [-0.2, -0.15) is 0 Å². The molecule has 218 valence electrons. The summed E-state index contributed by atoms with van der Waals surface area (Å²) >= 11 is 6.19. The monoisotopic (exact) mass is 586 g/mol. The lowest BCUT2D eigenvalue weighted by Crippen LogP contribution is -2.48. The first-order valence-electron chi connectivity index (χ1n) is 14.0. The second-order valence-electron chi connectivity index (χ2n) is 10.8. The second-order valence-corrected chi connectivity index (χ2v) is 11.2. The first-order chi connectivity index (χ1) is 20.2. The minimum atomic E-state index is -0.633. The number of anilines is 2. The van der Waals surface area contributed by atoms with Crippen LogP contribution in [0.3, 0.4) is 0 Å². The van der Waals surface area contributed by atoms with Crippen molar-refractivity contribution in [3.63, 3.8) is 0 Å². The van der Waals surface area contributed by atoms with Crippen LogP contribution in [0.5, 0.6) is 0 Å². The number of rotatable bonds is 8. The van der Waals surface area contributed by atoms with Crippen LogP contribution in [-0.2, 0) is 20.9 Å². The number of nitrogens with zero attached hydrogens (tertiary/aromatic N) is 4. The molecule has 1 saturated heterocycles. The Morgan fingerprint density at radius 2 is 1.71 bits per heavy atom. The van der Waals surface area contributed by atoms with Gasteiger partial charge in [0.1, 0.15) is 5.92 Å². The number of amides is 3. The van der Waals surface area contributed by atoms with E-state index < -0.39 is 5.92 Å². The van der Waals surface area contributed by atoms with Crippen molar-refractivity contribution in [2.75, 3.05) is 57.0 Å². The minimum absolute atomic E-state index is 0.0359. The Kier molecular flexibility index (Phi) is 9.01. The maximum Gasteiger partial charge on any atom is 0.240 e. The molecule has 42 heavy (non-hydrogen) atoms. The number of hydrogen-bond donors (Lipinski definition) is 2. The highest BCUT2D eigenvalue weighted by Crippen LogP contribution is 2.38. The standard InChI is InChI=1S/C32H35ClN6O3/c1-21(40)34-19-22-4-6-23(7-5-22)31(30-27-13-8-24(33)18-28(27)36-32(30)42)35-25-9-11-26(12-10-25)38(3)29(41)20-39-16-14-37(2)15-17-39/h4-13,18,30H,14-17,19-20H2,1-3H3,(H,34,40)(H,36,42). The minimum Gasteiger partial charge on any atom is -0.352 e. The number of aliphatic imine (C=N–C) groups is 1. The van der Waals surface area contributed by atoms with E-state index >= 15 is 0 Å². The summed E-state index contributed by atoms with van der Waals surface area (Å²) in [4.78, 5) is 48.7. The number of benzene rings is 3. The van der Waals surface area contributed by atoms with Crippen LogP contribution in [0.25, 0.3) is 0 Å². The van der Waals surface area contributed by atoms with Crippen LogP contribution in [0.15, 0.2) is 71.7 Å². The van der Waals surface area contributed by atoms with Gasteiger partial charge in [0.25, 0.3) is 0 Å². The molecule has 10 heteroatoms. The van der Waals surface area contributed by atoms with E-state index in [9.17, 15) is 14.4 Å². The summed E-state index contributed by atoms with van der Waals surface area (Å²) in [6.45, 7) is 5.95. The SMILES string of the molecule is CC(=O)NCc1ccc(C(=Nc2ccc(N(C)C(=O)CN3CCN(C)CC3)cc2)C2C(=O)Nc3cc(Cl)ccc32)cc1. The van der Waals surface area contributed by atoms with Gasteiger partial charge in [-0.1, -0.05) is 41.9 Å². The summed E-state index contributed by atoms with van der Waals surface area (Å²) in [5, 5.41) is 6.28. The highest BCUT2D eigenvalue weighted by Gasteiger charge is 2.35. The lowest BCUT2D eigenvalue weighted by Gasteiger charge is -2.32. The lowest BCUT2D eigenvalue weighted by atomic mass is 9.90. The van der Waals surface area contributed by atoms with Crippen molar-refractivity contribution >= 4 is 52.1 Å². The Morgan fingerprint density at radius 3 is 2.38 bits per heavy atom. The zero-order chi connectivity index (χ0) is 29.8. The van der Waals surface area contributed by atoms with Gasteiger partial charge in [-0.25, -0.2) is 0 Å².